The van der Waals surface area contributed by atoms with Crippen LogP contribution >= 0.6 is 24.0 Å². The van der Waals surface area contributed by atoms with Crippen molar-refractivity contribution in [3.8, 4) is 5.75 Å². The van der Waals surface area contributed by atoms with E-state index in [2.05, 4.69) is 5.32 Å². The van der Waals surface area contributed by atoms with Crippen molar-refractivity contribution in [3.63, 3.8) is 0 Å². The molecule has 1 aliphatic rings. The van der Waals surface area contributed by atoms with Crippen LogP contribution in [0.3, 0.4) is 0 Å². The number of thioether (sulfide) groups is 1. The van der Waals surface area contributed by atoms with E-state index < -0.39 is 0 Å². The number of benzene rings is 2. The minimum absolute atomic E-state index is 0.0726. The molecule has 0 aromatic heterocycles. The Morgan fingerprint density at radius 2 is 1.96 bits per heavy atom. The van der Waals surface area contributed by atoms with Gasteiger partial charge in [-0.1, -0.05) is 72.5 Å². The highest BCUT2D eigenvalue weighted by Crippen LogP contribution is 2.31. The third kappa shape index (κ3) is 5.31. The molecule has 1 aliphatic heterocycles. The van der Waals surface area contributed by atoms with E-state index in [9.17, 15) is 14.7 Å². The van der Waals surface area contributed by atoms with Crippen molar-refractivity contribution in [2.45, 2.75) is 6.42 Å². The number of hydrogen-bond donors (Lipinski definition) is 2. The maximum absolute atomic E-state index is 12.5. The summed E-state index contributed by atoms with van der Waals surface area (Å²) in [6.45, 7) is 0.203. The van der Waals surface area contributed by atoms with Gasteiger partial charge in [0.05, 0.1) is 4.91 Å². The van der Waals surface area contributed by atoms with E-state index in [0.717, 1.165) is 5.56 Å². The summed E-state index contributed by atoms with van der Waals surface area (Å²) in [4.78, 5) is 26.6. The highest BCUT2D eigenvalue weighted by molar-refractivity contribution is 8.26. The number of nitrogens with zero attached hydrogens (tertiary/aromatic N) is 1. The van der Waals surface area contributed by atoms with Crippen LogP contribution in [0, 0.1) is 0 Å². The van der Waals surface area contributed by atoms with E-state index in [0.29, 0.717) is 14.9 Å². The monoisotopic (exact) mass is 410 g/mol. The van der Waals surface area contributed by atoms with Gasteiger partial charge < -0.3 is 10.4 Å². The van der Waals surface area contributed by atoms with Gasteiger partial charge in [-0.3, -0.25) is 14.5 Å². The predicted molar refractivity (Wildman–Crippen MR) is 117 cm³/mol. The molecular formula is C21H18N2O3S2. The van der Waals surface area contributed by atoms with Crippen molar-refractivity contribution in [1.82, 2.24) is 4.90 Å². The zero-order chi connectivity index (χ0) is 19.9. The number of rotatable bonds is 6. The second kappa shape index (κ2) is 9.34. The molecule has 1 heterocycles. The number of thiocarbonyl (C=S) groups is 1. The Bertz CT molecular complexity index is 955. The maximum Gasteiger partial charge on any atom is 0.266 e. The van der Waals surface area contributed by atoms with Gasteiger partial charge in [-0.15, -0.1) is 0 Å². The van der Waals surface area contributed by atoms with Gasteiger partial charge in [-0.2, -0.15) is 0 Å². The van der Waals surface area contributed by atoms with Crippen molar-refractivity contribution < 1.29 is 14.7 Å². The predicted octanol–water partition coefficient (Wildman–Crippen LogP) is 4.18. The number of amides is 2. The molecule has 2 aromatic rings. The summed E-state index contributed by atoms with van der Waals surface area (Å²) in [5.41, 5.74) is 1.54. The molecule has 0 atom stereocenters. The lowest BCUT2D eigenvalue weighted by atomic mass is 10.2. The number of phenols is 1. The summed E-state index contributed by atoms with van der Waals surface area (Å²) in [5.74, 6) is -0.381. The van der Waals surface area contributed by atoms with Crippen molar-refractivity contribution in [3.05, 3.63) is 77.2 Å². The summed E-state index contributed by atoms with van der Waals surface area (Å²) in [7, 11) is 0. The molecule has 0 aliphatic carbocycles. The number of phenolic OH excluding ortho intramolecular Hbond substituents is 1. The third-order valence-corrected chi connectivity index (χ3v) is 5.30. The molecule has 1 fully saturated rings. The molecule has 28 heavy (non-hydrogen) atoms. The zero-order valence-corrected chi connectivity index (χ0v) is 16.5. The summed E-state index contributed by atoms with van der Waals surface area (Å²) in [5, 5.41) is 12.1. The first-order chi connectivity index (χ1) is 13.5. The Balaban J connectivity index is 1.55. The topological polar surface area (TPSA) is 69.6 Å². The molecule has 0 spiro atoms. The Labute approximate surface area is 172 Å². The molecule has 1 saturated heterocycles. The summed E-state index contributed by atoms with van der Waals surface area (Å²) in [6.07, 6.45) is 5.57. The van der Waals surface area contributed by atoms with Crippen LogP contribution in [-0.2, 0) is 9.59 Å². The lowest BCUT2D eigenvalue weighted by molar-refractivity contribution is -0.122. The highest BCUT2D eigenvalue weighted by atomic mass is 32.2. The largest absolute Gasteiger partial charge is 0.508 e. The molecule has 142 valence electrons. The molecule has 0 unspecified atom stereocenters. The molecule has 0 bridgehead atoms. The number of aromatic hydroxyl groups is 1. The van der Waals surface area contributed by atoms with Crippen LogP contribution in [0.5, 0.6) is 5.75 Å². The standard InChI is InChI=1S/C21H18N2O3S2/c24-17-10-5-9-16(14-17)22-19(25)12-13-23-20(26)18(28-21(23)27)11-4-8-15-6-2-1-3-7-15/h1-11,14,24H,12-13H2,(H,22,25). The number of hydrogen-bond acceptors (Lipinski definition) is 5. The zero-order valence-electron chi connectivity index (χ0n) is 14.9. The Morgan fingerprint density at radius 1 is 1.18 bits per heavy atom. The quantitative estimate of drug-likeness (QED) is 0.552. The van der Waals surface area contributed by atoms with Gasteiger partial charge in [0.25, 0.3) is 5.91 Å². The fourth-order valence-electron chi connectivity index (χ4n) is 2.54. The summed E-state index contributed by atoms with van der Waals surface area (Å²) in [6, 6.07) is 16.1. The number of anilines is 1. The molecular weight excluding hydrogens is 392 g/mol. The van der Waals surface area contributed by atoms with Crippen molar-refractivity contribution >= 4 is 51.9 Å². The minimum atomic E-state index is -0.257. The minimum Gasteiger partial charge on any atom is -0.508 e. The molecule has 2 aromatic carbocycles. The lowest BCUT2D eigenvalue weighted by Crippen LogP contribution is -2.31. The van der Waals surface area contributed by atoms with E-state index in [1.807, 2.05) is 42.5 Å². The fourth-order valence-corrected chi connectivity index (χ4v) is 3.80. The third-order valence-electron chi connectivity index (χ3n) is 3.90. The highest BCUT2D eigenvalue weighted by Gasteiger charge is 2.31. The molecule has 2 N–H and O–H groups in total. The van der Waals surface area contributed by atoms with Crippen LogP contribution in [0.2, 0.25) is 0 Å². The Morgan fingerprint density at radius 3 is 2.71 bits per heavy atom. The van der Waals surface area contributed by atoms with Crippen LogP contribution in [0.1, 0.15) is 12.0 Å². The molecule has 2 amide bonds. The lowest BCUT2D eigenvalue weighted by Gasteiger charge is -2.14. The van der Waals surface area contributed by atoms with Gasteiger partial charge in [0, 0.05) is 24.7 Å². The molecule has 0 saturated carbocycles. The number of carbonyl (C=O) groups excluding carboxylic acids is 2. The maximum atomic E-state index is 12.5. The van der Waals surface area contributed by atoms with Crippen LogP contribution in [0.4, 0.5) is 5.69 Å². The summed E-state index contributed by atoms with van der Waals surface area (Å²) >= 11 is 6.50. The summed E-state index contributed by atoms with van der Waals surface area (Å²) < 4.78 is 0.439. The Hall–Kier alpha value is -2.90. The van der Waals surface area contributed by atoms with Crippen LogP contribution in [0.25, 0.3) is 6.08 Å². The first-order valence-corrected chi connectivity index (χ1v) is 9.81. The van der Waals surface area contributed by atoms with Gasteiger partial charge >= 0.3 is 0 Å². The van der Waals surface area contributed by atoms with Gasteiger partial charge in [0.1, 0.15) is 10.1 Å². The SMILES string of the molecule is O=C(CCN1C(=O)C(=CC=Cc2ccccc2)SC1=S)Nc1cccc(O)c1. The first-order valence-electron chi connectivity index (χ1n) is 8.59. The van der Waals surface area contributed by atoms with Crippen LogP contribution in [0.15, 0.2) is 71.7 Å². The molecule has 3 rings (SSSR count). The van der Waals surface area contributed by atoms with E-state index >= 15 is 0 Å². The number of allylic oxidation sites excluding steroid dienone is 2. The van der Waals surface area contributed by atoms with E-state index in [1.54, 1.807) is 18.2 Å². The molecule has 5 nitrogen and oxygen atoms in total. The van der Waals surface area contributed by atoms with Gasteiger partial charge in [0.2, 0.25) is 5.91 Å². The average molecular weight is 411 g/mol. The average Bonchev–Trinajstić information content (AvgIpc) is 2.94. The first kappa shape index (κ1) is 19.9. The number of nitrogens with one attached hydrogen (secondary N) is 1. The smallest absolute Gasteiger partial charge is 0.266 e. The van der Waals surface area contributed by atoms with E-state index in [4.69, 9.17) is 12.2 Å². The van der Waals surface area contributed by atoms with Crippen LogP contribution in [-0.4, -0.2) is 32.7 Å². The van der Waals surface area contributed by atoms with Gasteiger partial charge in [0.15, 0.2) is 0 Å². The van der Waals surface area contributed by atoms with E-state index in [1.165, 1.54) is 28.8 Å². The molecule has 7 heteroatoms. The molecule has 0 radical (unpaired) electrons. The van der Waals surface area contributed by atoms with Gasteiger partial charge in [-0.05, 0) is 23.8 Å². The Kier molecular flexibility index (Phi) is 6.62. The second-order valence-corrected chi connectivity index (χ2v) is 7.65. The van der Waals surface area contributed by atoms with Crippen molar-refractivity contribution in [1.29, 1.82) is 0 Å². The second-order valence-electron chi connectivity index (χ2n) is 5.97. The van der Waals surface area contributed by atoms with E-state index in [-0.39, 0.29) is 30.5 Å². The fraction of sp³-hybridized carbons (Fsp3) is 0.0952. The normalized spacial score (nSPS) is 15.6. The van der Waals surface area contributed by atoms with Gasteiger partial charge in [-0.25, -0.2) is 0 Å². The van der Waals surface area contributed by atoms with Crippen LogP contribution < -0.4 is 5.32 Å². The van der Waals surface area contributed by atoms with Crippen molar-refractivity contribution in [2.24, 2.45) is 0 Å². The van der Waals surface area contributed by atoms with Crippen molar-refractivity contribution in [2.75, 3.05) is 11.9 Å². The number of carbonyl (C=O) groups is 2.